The molecule has 0 spiro atoms. The Morgan fingerprint density at radius 2 is 1.89 bits per heavy atom. The summed E-state index contributed by atoms with van der Waals surface area (Å²) in [4.78, 5) is 30.3. The lowest BCUT2D eigenvalue weighted by atomic mass is 10.0. The molecule has 152 valence electrons. The summed E-state index contributed by atoms with van der Waals surface area (Å²) in [7, 11) is 2.03. The van der Waals surface area contributed by atoms with Crippen LogP contribution in [-0.2, 0) is 13.0 Å². The van der Waals surface area contributed by atoms with Crippen LogP contribution in [0.2, 0.25) is 0 Å². The number of benzene rings is 1. The van der Waals surface area contributed by atoms with Gasteiger partial charge in [-0.25, -0.2) is 0 Å². The van der Waals surface area contributed by atoms with E-state index >= 15 is 0 Å². The number of aromatic nitrogens is 1. The number of anilines is 1. The van der Waals surface area contributed by atoms with E-state index in [1.165, 1.54) is 0 Å². The van der Waals surface area contributed by atoms with E-state index in [2.05, 4.69) is 45.0 Å². The number of aromatic amines is 1. The van der Waals surface area contributed by atoms with Gasteiger partial charge in [0, 0.05) is 47.1 Å². The van der Waals surface area contributed by atoms with Gasteiger partial charge in [-0.05, 0) is 56.0 Å². The fourth-order valence-corrected chi connectivity index (χ4v) is 3.93. The van der Waals surface area contributed by atoms with Gasteiger partial charge in [0.15, 0.2) is 0 Å². The van der Waals surface area contributed by atoms with E-state index in [1.54, 1.807) is 0 Å². The van der Waals surface area contributed by atoms with E-state index in [1.807, 2.05) is 39.1 Å². The summed E-state index contributed by atoms with van der Waals surface area (Å²) in [5.74, 6) is -0.174. The van der Waals surface area contributed by atoms with Crippen molar-refractivity contribution in [2.24, 2.45) is 0 Å². The minimum Gasteiger partial charge on any atom is -0.374 e. The lowest BCUT2D eigenvalue weighted by Crippen LogP contribution is -2.29. The number of halogens is 1. The van der Waals surface area contributed by atoms with Crippen LogP contribution in [0.15, 0.2) is 27.5 Å². The van der Waals surface area contributed by atoms with Crippen LogP contribution >= 0.6 is 15.9 Å². The number of hydrogen-bond acceptors (Lipinski definition) is 3. The second kappa shape index (κ2) is 9.92. The van der Waals surface area contributed by atoms with Gasteiger partial charge >= 0.3 is 0 Å². The summed E-state index contributed by atoms with van der Waals surface area (Å²) in [6.45, 7) is 9.18. The number of nitrogens with zero attached hydrogens (tertiary/aromatic N) is 1. The van der Waals surface area contributed by atoms with Crippen molar-refractivity contribution in [3.05, 3.63) is 61.0 Å². The Kier molecular flexibility index (Phi) is 7.87. The number of hydrogen-bond donors (Lipinski definition) is 2. The number of rotatable bonds is 8. The number of aryl methyl sites for hydroxylation is 2. The molecule has 1 aromatic heterocycles. The number of nitrogens with one attached hydrogen (secondary N) is 2. The minimum atomic E-state index is -0.174. The zero-order valence-electron chi connectivity index (χ0n) is 17.4. The Labute approximate surface area is 175 Å². The van der Waals surface area contributed by atoms with Crippen molar-refractivity contribution >= 4 is 27.5 Å². The fraction of sp³-hybridized carbons (Fsp3) is 0.455. The molecule has 5 nitrogen and oxygen atoms in total. The molecule has 1 heterocycles. The molecule has 0 bridgehead atoms. The van der Waals surface area contributed by atoms with Gasteiger partial charge in [-0.1, -0.05) is 36.2 Å². The maximum absolute atomic E-state index is 12.9. The predicted octanol–water partition coefficient (Wildman–Crippen LogP) is 4.48. The van der Waals surface area contributed by atoms with Gasteiger partial charge in [0.1, 0.15) is 0 Å². The summed E-state index contributed by atoms with van der Waals surface area (Å²) < 4.78 is 0.862. The molecule has 1 amide bonds. The van der Waals surface area contributed by atoms with Crippen LogP contribution in [0.5, 0.6) is 0 Å². The number of pyridine rings is 1. The zero-order chi connectivity index (χ0) is 20.8. The van der Waals surface area contributed by atoms with Gasteiger partial charge in [-0.2, -0.15) is 0 Å². The highest BCUT2D eigenvalue weighted by Gasteiger charge is 2.17. The number of H-pyrrole nitrogens is 1. The third-order valence-electron chi connectivity index (χ3n) is 4.87. The van der Waals surface area contributed by atoms with Gasteiger partial charge in [0.2, 0.25) is 0 Å². The highest BCUT2D eigenvalue weighted by molar-refractivity contribution is 9.10. The summed E-state index contributed by atoms with van der Waals surface area (Å²) in [5.41, 5.74) is 4.93. The van der Waals surface area contributed by atoms with Crippen molar-refractivity contribution in [1.82, 2.24) is 10.3 Å². The number of carbonyl (C=O) groups is 1. The van der Waals surface area contributed by atoms with E-state index in [0.29, 0.717) is 11.1 Å². The molecule has 2 aromatic rings. The Morgan fingerprint density at radius 3 is 2.54 bits per heavy atom. The maximum Gasteiger partial charge on any atom is 0.253 e. The molecule has 2 N–H and O–H groups in total. The number of amides is 1. The fourth-order valence-electron chi connectivity index (χ4n) is 3.49. The van der Waals surface area contributed by atoms with Crippen molar-refractivity contribution < 1.29 is 4.79 Å². The molecule has 2 rings (SSSR count). The molecule has 0 saturated carbocycles. The predicted molar refractivity (Wildman–Crippen MR) is 119 cm³/mol. The first-order chi connectivity index (χ1) is 13.3. The second-order valence-electron chi connectivity index (χ2n) is 7.24. The van der Waals surface area contributed by atoms with Crippen LogP contribution in [0.1, 0.15) is 59.4 Å². The molecule has 0 aliphatic heterocycles. The van der Waals surface area contributed by atoms with Gasteiger partial charge in [-0.3, -0.25) is 9.59 Å². The van der Waals surface area contributed by atoms with E-state index in [-0.39, 0.29) is 18.0 Å². The van der Waals surface area contributed by atoms with E-state index in [0.717, 1.165) is 52.8 Å². The lowest BCUT2D eigenvalue weighted by molar-refractivity contribution is 0.0950. The first-order valence-corrected chi connectivity index (χ1v) is 10.6. The van der Waals surface area contributed by atoms with Gasteiger partial charge in [-0.15, -0.1) is 0 Å². The second-order valence-corrected chi connectivity index (χ2v) is 8.15. The molecule has 0 atom stereocenters. The molecule has 0 aliphatic rings. The summed E-state index contributed by atoms with van der Waals surface area (Å²) >= 11 is 3.52. The van der Waals surface area contributed by atoms with Crippen LogP contribution in [0.3, 0.4) is 0 Å². The quantitative estimate of drug-likeness (QED) is 0.626. The molecular weight excluding hydrogens is 418 g/mol. The van der Waals surface area contributed by atoms with Crippen molar-refractivity contribution in [3.63, 3.8) is 0 Å². The number of carbonyl (C=O) groups excluding carboxylic acids is 1. The lowest BCUT2D eigenvalue weighted by Gasteiger charge is -2.23. The molecular formula is C22H30BrN3O2. The normalized spacial score (nSPS) is 10.8. The summed E-state index contributed by atoms with van der Waals surface area (Å²) in [6, 6.07) is 5.86. The molecule has 28 heavy (non-hydrogen) atoms. The van der Waals surface area contributed by atoms with E-state index in [9.17, 15) is 9.59 Å². The molecule has 0 aliphatic carbocycles. The molecule has 6 heteroatoms. The molecule has 1 aromatic carbocycles. The largest absolute Gasteiger partial charge is 0.374 e. The Bertz CT molecular complexity index is 905. The monoisotopic (exact) mass is 447 g/mol. The van der Waals surface area contributed by atoms with Crippen LogP contribution < -0.4 is 15.8 Å². The molecule has 0 saturated heterocycles. The average molecular weight is 448 g/mol. The molecule has 0 radical (unpaired) electrons. The Hall–Kier alpha value is -2.08. The zero-order valence-corrected chi connectivity index (χ0v) is 19.0. The van der Waals surface area contributed by atoms with E-state index < -0.39 is 0 Å². The topological polar surface area (TPSA) is 65.2 Å². The van der Waals surface area contributed by atoms with Gasteiger partial charge in [0.25, 0.3) is 11.5 Å². The van der Waals surface area contributed by atoms with Crippen LogP contribution in [-0.4, -0.2) is 24.5 Å². The molecule has 0 fully saturated rings. The van der Waals surface area contributed by atoms with Gasteiger partial charge in [0.05, 0.1) is 0 Å². The van der Waals surface area contributed by atoms with Crippen molar-refractivity contribution in [2.75, 3.05) is 18.5 Å². The smallest absolute Gasteiger partial charge is 0.253 e. The van der Waals surface area contributed by atoms with Gasteiger partial charge < -0.3 is 15.2 Å². The third-order valence-corrected chi connectivity index (χ3v) is 5.33. The van der Waals surface area contributed by atoms with Crippen molar-refractivity contribution in [1.29, 1.82) is 0 Å². The first-order valence-electron chi connectivity index (χ1n) is 9.79. The van der Waals surface area contributed by atoms with Crippen LogP contribution in [0.25, 0.3) is 0 Å². The third kappa shape index (κ3) is 5.25. The van der Waals surface area contributed by atoms with E-state index in [4.69, 9.17) is 0 Å². The minimum absolute atomic E-state index is 0.127. The maximum atomic E-state index is 12.9. The summed E-state index contributed by atoms with van der Waals surface area (Å²) in [5, 5.41) is 2.94. The average Bonchev–Trinajstić information content (AvgIpc) is 2.62. The van der Waals surface area contributed by atoms with Crippen molar-refractivity contribution in [3.8, 4) is 0 Å². The highest BCUT2D eigenvalue weighted by Crippen LogP contribution is 2.28. The van der Waals surface area contributed by atoms with Crippen molar-refractivity contribution in [2.45, 2.75) is 53.5 Å². The highest BCUT2D eigenvalue weighted by atomic mass is 79.9. The standard InChI is InChI=1S/C22H30BrN3O2/c1-6-8-16-10-14(3)25-22(28)19(16)13-24-21(27)18-11-17(23)12-20(15(18)4)26(5)9-7-2/h10-12H,6-9,13H2,1-5H3,(H,24,27)(H,25,28). The SMILES string of the molecule is CCCc1cc(C)[nH]c(=O)c1CNC(=O)c1cc(Br)cc(N(C)CCC)c1C. The Balaban J connectivity index is 2.28. The first kappa shape index (κ1) is 22.2. The van der Waals surface area contributed by atoms with Crippen LogP contribution in [0, 0.1) is 13.8 Å². The molecule has 0 unspecified atom stereocenters. The summed E-state index contributed by atoms with van der Waals surface area (Å²) in [6.07, 6.45) is 2.79. The Morgan fingerprint density at radius 1 is 1.18 bits per heavy atom. The van der Waals surface area contributed by atoms with Crippen LogP contribution in [0.4, 0.5) is 5.69 Å².